The minimum absolute atomic E-state index is 0.105. The Morgan fingerprint density at radius 2 is 1.85 bits per heavy atom. The summed E-state index contributed by atoms with van der Waals surface area (Å²) in [6.07, 6.45) is 1.60. The molecule has 3 atom stereocenters. The minimum atomic E-state index is -2.21. The lowest BCUT2D eigenvalue weighted by Gasteiger charge is -2.47. The summed E-state index contributed by atoms with van der Waals surface area (Å²) in [6.45, 7) is -0.377. The van der Waals surface area contributed by atoms with Gasteiger partial charge in [-0.05, 0) is 19.2 Å². The first kappa shape index (κ1) is 17.9. The molecule has 1 aliphatic heterocycles. The average Bonchev–Trinajstić information content (AvgIpc) is 2.60. The second-order valence-corrected chi connectivity index (χ2v) is 6.85. The van der Waals surface area contributed by atoms with Gasteiger partial charge in [-0.25, -0.2) is 0 Å². The first-order valence-electron chi connectivity index (χ1n) is 8.03. The molecule has 2 aliphatic rings. The molecule has 0 spiro atoms. The second-order valence-electron chi connectivity index (χ2n) is 6.85. The van der Waals surface area contributed by atoms with E-state index in [1.165, 1.54) is 11.9 Å². The molecule has 1 aromatic rings. The molecule has 9 nitrogen and oxygen atoms in total. The molecule has 1 aliphatic carbocycles. The van der Waals surface area contributed by atoms with Crippen molar-refractivity contribution in [3.63, 3.8) is 0 Å². The number of nitro groups is 2. The van der Waals surface area contributed by atoms with Crippen molar-refractivity contribution < 1.29 is 19.4 Å². The van der Waals surface area contributed by atoms with E-state index in [2.05, 4.69) is 0 Å². The topological polar surface area (TPSA) is 124 Å². The van der Waals surface area contributed by atoms with Crippen LogP contribution < -0.4 is 0 Å². The van der Waals surface area contributed by atoms with Crippen molar-refractivity contribution >= 4 is 11.6 Å². The third kappa shape index (κ3) is 2.43. The van der Waals surface area contributed by atoms with Crippen LogP contribution in [0.2, 0.25) is 0 Å². The maximum absolute atomic E-state index is 12.7. The van der Waals surface area contributed by atoms with Crippen LogP contribution in [0.5, 0.6) is 0 Å². The van der Waals surface area contributed by atoms with Crippen molar-refractivity contribution in [2.45, 2.75) is 17.5 Å². The molecule has 0 radical (unpaired) electrons. The fourth-order valence-electron chi connectivity index (χ4n) is 4.11. The van der Waals surface area contributed by atoms with Crippen molar-refractivity contribution in [2.75, 3.05) is 20.1 Å². The van der Waals surface area contributed by atoms with E-state index in [1.54, 1.807) is 30.3 Å². The van der Waals surface area contributed by atoms with Crippen LogP contribution in [0.15, 0.2) is 42.5 Å². The van der Waals surface area contributed by atoms with Crippen LogP contribution in [0.4, 0.5) is 0 Å². The molecule has 9 heteroatoms. The highest BCUT2D eigenvalue weighted by atomic mass is 16.6. The number of rotatable bonds is 5. The number of ketones is 2. The van der Waals surface area contributed by atoms with Crippen LogP contribution in [0.1, 0.15) is 16.8 Å². The van der Waals surface area contributed by atoms with Crippen LogP contribution >= 0.6 is 0 Å². The summed E-state index contributed by atoms with van der Waals surface area (Å²) >= 11 is 0. The fraction of sp³-hybridized carbons (Fsp3) is 0.412. The number of likely N-dealkylation sites (tertiary alicyclic amines) is 1. The molecule has 136 valence electrons. The van der Waals surface area contributed by atoms with Gasteiger partial charge in [-0.1, -0.05) is 30.3 Å². The predicted molar refractivity (Wildman–Crippen MR) is 90.0 cm³/mol. The van der Waals surface area contributed by atoms with Gasteiger partial charge in [-0.3, -0.25) is 34.7 Å². The molecule has 2 bridgehead atoms. The number of likely N-dealkylation sites (N-methyl/N-ethyl adjacent to an activating group) is 1. The van der Waals surface area contributed by atoms with E-state index < -0.39 is 44.8 Å². The summed E-state index contributed by atoms with van der Waals surface area (Å²) in [6, 6.07) is 8.08. The Morgan fingerprint density at radius 3 is 2.42 bits per heavy atom. The Kier molecular flexibility index (Phi) is 4.19. The van der Waals surface area contributed by atoms with Gasteiger partial charge < -0.3 is 0 Å². The maximum Gasteiger partial charge on any atom is 0.305 e. The van der Waals surface area contributed by atoms with E-state index in [0.717, 1.165) is 12.2 Å². The van der Waals surface area contributed by atoms with Gasteiger partial charge in [0, 0.05) is 21.8 Å². The standard InChI is InChI=1S/C17H17N3O6/c1-18-10-16(19(23)24)8-7-15(22)17(11-18,20(25)26)14(16)9-13(21)12-5-3-2-4-6-12/h2-8,14H,9-11H2,1H3/t14-,16+,17-/m0/s1. The number of hydrogen-bond acceptors (Lipinski definition) is 7. The average molecular weight is 359 g/mol. The van der Waals surface area contributed by atoms with Gasteiger partial charge in [-0.2, -0.15) is 0 Å². The van der Waals surface area contributed by atoms with Gasteiger partial charge in [0.2, 0.25) is 5.78 Å². The zero-order valence-electron chi connectivity index (χ0n) is 14.0. The quantitative estimate of drug-likeness (QED) is 0.436. The number of piperidine rings is 1. The number of carbonyl (C=O) groups excluding carboxylic acids is 2. The van der Waals surface area contributed by atoms with Gasteiger partial charge in [0.05, 0.1) is 13.1 Å². The molecule has 1 saturated heterocycles. The highest BCUT2D eigenvalue weighted by Crippen LogP contribution is 2.45. The lowest BCUT2D eigenvalue weighted by atomic mass is 9.60. The van der Waals surface area contributed by atoms with Crippen molar-refractivity contribution in [1.29, 1.82) is 0 Å². The van der Waals surface area contributed by atoms with Crippen LogP contribution in [0.25, 0.3) is 0 Å². The summed E-state index contributed by atoms with van der Waals surface area (Å²) in [5.74, 6) is -2.63. The van der Waals surface area contributed by atoms with Crippen molar-refractivity contribution in [3.05, 3.63) is 68.3 Å². The Bertz CT molecular complexity index is 823. The highest BCUT2D eigenvalue weighted by molar-refractivity contribution is 6.01. The van der Waals surface area contributed by atoms with Crippen molar-refractivity contribution in [2.24, 2.45) is 5.92 Å². The van der Waals surface area contributed by atoms with E-state index in [0.29, 0.717) is 5.56 Å². The van der Waals surface area contributed by atoms with Gasteiger partial charge in [0.25, 0.3) is 5.54 Å². The third-order valence-corrected chi connectivity index (χ3v) is 5.32. The first-order chi connectivity index (χ1) is 12.2. The molecule has 1 aromatic carbocycles. The minimum Gasteiger partial charge on any atom is -0.294 e. The molecule has 1 heterocycles. The molecule has 0 aromatic heterocycles. The van der Waals surface area contributed by atoms with Crippen LogP contribution in [0, 0.1) is 26.1 Å². The number of carbonyl (C=O) groups is 2. The van der Waals surface area contributed by atoms with Gasteiger partial charge >= 0.3 is 5.54 Å². The predicted octanol–water partition coefficient (Wildman–Crippen LogP) is 0.991. The molecule has 0 N–H and O–H groups in total. The first-order valence-corrected chi connectivity index (χ1v) is 8.03. The highest BCUT2D eigenvalue weighted by Gasteiger charge is 2.73. The molecule has 0 amide bonds. The van der Waals surface area contributed by atoms with E-state index in [-0.39, 0.29) is 13.1 Å². The van der Waals surface area contributed by atoms with Crippen LogP contribution in [0.3, 0.4) is 0 Å². The Hall–Kier alpha value is -2.94. The zero-order chi connectivity index (χ0) is 19.1. The Morgan fingerprint density at radius 1 is 1.19 bits per heavy atom. The number of nitrogens with zero attached hydrogens (tertiary/aromatic N) is 3. The van der Waals surface area contributed by atoms with E-state index in [4.69, 9.17) is 0 Å². The Labute approximate surface area is 148 Å². The normalized spacial score (nSPS) is 30.8. The number of hydrogen-bond donors (Lipinski definition) is 0. The maximum atomic E-state index is 12.7. The van der Waals surface area contributed by atoms with E-state index in [1.807, 2.05) is 0 Å². The largest absolute Gasteiger partial charge is 0.305 e. The summed E-state index contributed by atoms with van der Waals surface area (Å²) in [5, 5.41) is 23.8. The SMILES string of the molecule is CN1C[C@]2([N+](=O)[O-])C=CC(=O)[C@]([N+](=O)[O-])(C1)[C@H]2CC(=O)c1ccccc1. The molecular formula is C17H17N3O6. The number of fused-ring (bicyclic) bond motifs is 2. The van der Waals surface area contributed by atoms with E-state index >= 15 is 0 Å². The Balaban J connectivity index is 2.13. The molecule has 1 fully saturated rings. The monoisotopic (exact) mass is 359 g/mol. The smallest absolute Gasteiger partial charge is 0.294 e. The van der Waals surface area contributed by atoms with E-state index in [9.17, 15) is 29.8 Å². The lowest BCUT2D eigenvalue weighted by molar-refractivity contribution is -0.623. The molecular weight excluding hydrogens is 342 g/mol. The summed E-state index contributed by atoms with van der Waals surface area (Å²) in [7, 11) is 1.50. The molecule has 0 unspecified atom stereocenters. The van der Waals surface area contributed by atoms with Crippen molar-refractivity contribution in [3.8, 4) is 0 Å². The van der Waals surface area contributed by atoms with Crippen LogP contribution in [-0.4, -0.2) is 57.5 Å². The third-order valence-electron chi connectivity index (χ3n) is 5.32. The van der Waals surface area contributed by atoms with Gasteiger partial charge in [0.15, 0.2) is 5.78 Å². The summed E-state index contributed by atoms with van der Waals surface area (Å²) in [5.41, 5.74) is -3.77. The van der Waals surface area contributed by atoms with Crippen LogP contribution in [-0.2, 0) is 4.79 Å². The summed E-state index contributed by atoms with van der Waals surface area (Å²) in [4.78, 5) is 49.1. The van der Waals surface area contributed by atoms with Gasteiger partial charge in [-0.15, -0.1) is 0 Å². The van der Waals surface area contributed by atoms with Crippen molar-refractivity contribution in [1.82, 2.24) is 4.90 Å². The molecule has 0 saturated carbocycles. The molecule has 3 rings (SSSR count). The fourth-order valence-corrected chi connectivity index (χ4v) is 4.11. The number of benzene rings is 1. The molecule has 26 heavy (non-hydrogen) atoms. The second kappa shape index (κ2) is 6.10. The zero-order valence-corrected chi connectivity index (χ0v) is 14.0. The van der Waals surface area contributed by atoms with Gasteiger partial charge in [0.1, 0.15) is 5.92 Å². The lowest BCUT2D eigenvalue weighted by Crippen LogP contribution is -2.74. The summed E-state index contributed by atoms with van der Waals surface area (Å²) < 4.78 is 0. The number of Topliss-reactive ketones (excluding diaryl/α,β-unsaturated/α-hetero) is 1.